The molecule has 1 aliphatic heterocycles. The Bertz CT molecular complexity index is 881. The van der Waals surface area contributed by atoms with Crippen LogP contribution >= 0.6 is 0 Å². The van der Waals surface area contributed by atoms with Crippen molar-refractivity contribution in [3.63, 3.8) is 0 Å². The minimum Gasteiger partial charge on any atom is -0.484 e. The first-order valence-electron chi connectivity index (χ1n) is 8.71. The highest BCUT2D eigenvalue weighted by Crippen LogP contribution is 2.28. The summed E-state index contributed by atoms with van der Waals surface area (Å²) in [6, 6.07) is 7.78. The van der Waals surface area contributed by atoms with Crippen LogP contribution in [0.4, 0.5) is 20.2 Å². The summed E-state index contributed by atoms with van der Waals surface area (Å²) >= 11 is 0. The molecule has 2 aromatic rings. The average molecular weight is 391 g/mol. The first kappa shape index (κ1) is 19.5. The quantitative estimate of drug-likeness (QED) is 0.579. The van der Waals surface area contributed by atoms with Gasteiger partial charge in [0.15, 0.2) is 12.4 Å². The number of anilines is 1. The van der Waals surface area contributed by atoms with Gasteiger partial charge in [0.25, 0.3) is 11.6 Å². The Balaban J connectivity index is 1.57. The summed E-state index contributed by atoms with van der Waals surface area (Å²) in [5.74, 6) is -0.860. The van der Waals surface area contributed by atoms with Crippen molar-refractivity contribution in [3.05, 3.63) is 63.7 Å². The van der Waals surface area contributed by atoms with Crippen LogP contribution in [0.15, 0.2) is 36.4 Å². The normalized spacial score (nSPS) is 14.1. The lowest BCUT2D eigenvalue weighted by Gasteiger charge is -2.36. The van der Waals surface area contributed by atoms with Crippen LogP contribution in [0.5, 0.6) is 5.75 Å². The van der Waals surface area contributed by atoms with E-state index in [1.807, 2.05) is 0 Å². The van der Waals surface area contributed by atoms with Crippen LogP contribution < -0.4 is 9.64 Å². The number of nitro benzene ring substituents is 1. The lowest BCUT2D eigenvalue weighted by Crippen LogP contribution is -2.50. The summed E-state index contributed by atoms with van der Waals surface area (Å²) in [5, 5.41) is 10.9. The summed E-state index contributed by atoms with van der Waals surface area (Å²) in [6.45, 7) is 2.94. The van der Waals surface area contributed by atoms with Crippen molar-refractivity contribution in [1.29, 1.82) is 0 Å². The Morgan fingerprint density at radius 3 is 2.39 bits per heavy atom. The zero-order valence-electron chi connectivity index (χ0n) is 15.2. The van der Waals surface area contributed by atoms with Crippen LogP contribution in [0.1, 0.15) is 5.56 Å². The molecule has 0 bridgehead atoms. The van der Waals surface area contributed by atoms with Crippen molar-refractivity contribution in [2.45, 2.75) is 6.92 Å². The molecule has 9 heteroatoms. The van der Waals surface area contributed by atoms with Gasteiger partial charge in [0.2, 0.25) is 0 Å². The Morgan fingerprint density at radius 1 is 1.14 bits per heavy atom. The predicted octanol–water partition coefficient (Wildman–Crippen LogP) is 2.91. The van der Waals surface area contributed by atoms with E-state index >= 15 is 0 Å². The van der Waals surface area contributed by atoms with Crippen LogP contribution in [0.3, 0.4) is 0 Å². The minimum absolute atomic E-state index is 0.170. The summed E-state index contributed by atoms with van der Waals surface area (Å²) in [7, 11) is 0. The van der Waals surface area contributed by atoms with Crippen molar-refractivity contribution in [2.75, 3.05) is 37.7 Å². The molecule has 1 fully saturated rings. The third kappa shape index (κ3) is 4.36. The fourth-order valence-corrected chi connectivity index (χ4v) is 3.06. The topological polar surface area (TPSA) is 75.9 Å². The van der Waals surface area contributed by atoms with Gasteiger partial charge >= 0.3 is 0 Å². The lowest BCUT2D eigenvalue weighted by molar-refractivity contribution is -0.385. The molecule has 1 saturated heterocycles. The molecule has 148 valence electrons. The highest BCUT2D eigenvalue weighted by molar-refractivity contribution is 5.78. The van der Waals surface area contributed by atoms with Crippen molar-refractivity contribution < 1.29 is 23.2 Å². The summed E-state index contributed by atoms with van der Waals surface area (Å²) < 4.78 is 32.5. The van der Waals surface area contributed by atoms with E-state index in [0.717, 1.165) is 6.07 Å². The molecule has 0 radical (unpaired) electrons. The molecule has 0 saturated carbocycles. The summed E-state index contributed by atoms with van der Waals surface area (Å²) in [4.78, 5) is 25.9. The molecule has 7 nitrogen and oxygen atoms in total. The van der Waals surface area contributed by atoms with Crippen LogP contribution in [0.25, 0.3) is 0 Å². The zero-order valence-corrected chi connectivity index (χ0v) is 15.2. The van der Waals surface area contributed by atoms with Crippen LogP contribution in [-0.4, -0.2) is 48.5 Å². The van der Waals surface area contributed by atoms with Gasteiger partial charge in [-0.05, 0) is 37.3 Å². The number of carbonyl (C=O) groups is 1. The van der Waals surface area contributed by atoms with Crippen molar-refractivity contribution in [3.8, 4) is 5.75 Å². The van der Waals surface area contributed by atoms with Gasteiger partial charge in [-0.25, -0.2) is 8.78 Å². The second-order valence-corrected chi connectivity index (χ2v) is 6.46. The molecule has 1 heterocycles. The molecule has 0 spiro atoms. The first-order chi connectivity index (χ1) is 13.3. The van der Waals surface area contributed by atoms with Crippen molar-refractivity contribution in [2.24, 2.45) is 0 Å². The summed E-state index contributed by atoms with van der Waals surface area (Å²) in [5.41, 5.74) is 0.415. The molecule has 28 heavy (non-hydrogen) atoms. The molecular formula is C19H19F2N3O4. The van der Waals surface area contributed by atoms with E-state index in [9.17, 15) is 23.7 Å². The number of benzene rings is 2. The third-order valence-electron chi connectivity index (χ3n) is 4.61. The van der Waals surface area contributed by atoms with E-state index in [2.05, 4.69) is 0 Å². The van der Waals surface area contributed by atoms with E-state index in [0.29, 0.717) is 37.5 Å². The molecule has 3 rings (SSSR count). The highest BCUT2D eigenvalue weighted by atomic mass is 19.1. The molecule has 0 unspecified atom stereocenters. The van der Waals surface area contributed by atoms with Crippen LogP contribution in [-0.2, 0) is 4.79 Å². The first-order valence-corrected chi connectivity index (χ1v) is 8.71. The highest BCUT2D eigenvalue weighted by Gasteiger charge is 2.25. The van der Waals surface area contributed by atoms with Gasteiger partial charge in [0.05, 0.1) is 16.7 Å². The number of hydrogen-bond acceptors (Lipinski definition) is 5. The van der Waals surface area contributed by atoms with E-state index < -0.39 is 10.7 Å². The predicted molar refractivity (Wildman–Crippen MR) is 98.5 cm³/mol. The second-order valence-electron chi connectivity index (χ2n) is 6.46. The minimum atomic E-state index is -0.656. The third-order valence-corrected chi connectivity index (χ3v) is 4.61. The fourth-order valence-electron chi connectivity index (χ4n) is 3.06. The number of nitrogens with zero attached hydrogens (tertiary/aromatic N) is 3. The number of piperazine rings is 1. The van der Waals surface area contributed by atoms with Gasteiger partial charge in [-0.15, -0.1) is 0 Å². The molecule has 0 atom stereocenters. The molecular weight excluding hydrogens is 372 g/mol. The monoisotopic (exact) mass is 391 g/mol. The van der Waals surface area contributed by atoms with Crippen molar-refractivity contribution in [1.82, 2.24) is 4.90 Å². The Labute approximate surface area is 160 Å². The molecule has 0 aliphatic carbocycles. The molecule has 0 aromatic heterocycles. The van der Waals surface area contributed by atoms with E-state index in [4.69, 9.17) is 4.74 Å². The number of aryl methyl sites for hydroxylation is 1. The lowest BCUT2D eigenvalue weighted by atomic mass is 10.1. The second kappa shape index (κ2) is 8.20. The fraction of sp³-hybridized carbons (Fsp3) is 0.316. The van der Waals surface area contributed by atoms with E-state index in [1.165, 1.54) is 30.3 Å². The SMILES string of the molecule is Cc1cc(N2CCN(C(=O)COc3ccc(F)cc3)CC2)c(F)cc1[N+](=O)[O-]. The molecule has 2 aromatic carbocycles. The number of rotatable bonds is 5. The number of nitro groups is 1. The maximum absolute atomic E-state index is 14.3. The van der Waals surface area contributed by atoms with Crippen molar-refractivity contribution >= 4 is 17.3 Å². The maximum atomic E-state index is 14.3. The maximum Gasteiger partial charge on any atom is 0.275 e. The molecule has 1 amide bonds. The number of ether oxygens (including phenoxy) is 1. The van der Waals surface area contributed by atoms with Gasteiger partial charge in [-0.1, -0.05) is 0 Å². The number of halogens is 2. The summed E-state index contributed by atoms with van der Waals surface area (Å²) in [6.07, 6.45) is 0. The standard InChI is InChI=1S/C19H19F2N3O4/c1-13-10-18(16(21)11-17(13)24(26)27)22-6-8-23(9-7-22)19(25)12-28-15-4-2-14(20)3-5-15/h2-5,10-11H,6-9,12H2,1H3. The Morgan fingerprint density at radius 2 is 1.79 bits per heavy atom. The van der Waals surface area contributed by atoms with Crippen LogP contribution in [0.2, 0.25) is 0 Å². The van der Waals surface area contributed by atoms with E-state index in [-0.39, 0.29) is 29.7 Å². The van der Waals surface area contributed by atoms with Crippen LogP contribution in [0, 0.1) is 28.7 Å². The molecule has 0 N–H and O–H groups in total. The number of carbonyl (C=O) groups excluding carboxylic acids is 1. The Kier molecular flexibility index (Phi) is 5.72. The smallest absolute Gasteiger partial charge is 0.275 e. The largest absolute Gasteiger partial charge is 0.484 e. The van der Waals surface area contributed by atoms with Gasteiger partial charge < -0.3 is 14.5 Å². The number of amides is 1. The van der Waals surface area contributed by atoms with Gasteiger partial charge in [0, 0.05) is 31.7 Å². The van der Waals surface area contributed by atoms with E-state index in [1.54, 1.807) is 16.7 Å². The number of hydrogen-bond donors (Lipinski definition) is 0. The van der Waals surface area contributed by atoms with Gasteiger partial charge in [-0.2, -0.15) is 0 Å². The Hall–Kier alpha value is -3.23. The average Bonchev–Trinajstić information content (AvgIpc) is 2.68. The zero-order chi connectivity index (χ0) is 20.3. The molecule has 1 aliphatic rings. The van der Waals surface area contributed by atoms with Gasteiger partial charge in [0.1, 0.15) is 11.6 Å². The van der Waals surface area contributed by atoms with Gasteiger partial charge in [-0.3, -0.25) is 14.9 Å².